The Balaban J connectivity index is 2.37. The van der Waals surface area contributed by atoms with E-state index in [0.29, 0.717) is 23.6 Å². The Morgan fingerprint density at radius 2 is 2.28 bits per heavy atom. The SMILES string of the molecule is CCOC(=O)c1cn(-c2cccc(O)c2)nc1C. The van der Waals surface area contributed by atoms with Crippen molar-refractivity contribution < 1.29 is 14.6 Å². The Hall–Kier alpha value is -2.30. The molecule has 0 aliphatic heterocycles. The summed E-state index contributed by atoms with van der Waals surface area (Å²) in [4.78, 5) is 11.7. The number of benzene rings is 1. The van der Waals surface area contributed by atoms with Gasteiger partial charge in [-0.3, -0.25) is 0 Å². The topological polar surface area (TPSA) is 64.3 Å². The zero-order valence-corrected chi connectivity index (χ0v) is 10.3. The Kier molecular flexibility index (Phi) is 3.32. The van der Waals surface area contributed by atoms with Gasteiger partial charge in [-0.15, -0.1) is 0 Å². The molecule has 1 aromatic heterocycles. The minimum absolute atomic E-state index is 0.151. The predicted octanol–water partition coefficient (Wildman–Crippen LogP) is 2.06. The van der Waals surface area contributed by atoms with E-state index in [2.05, 4.69) is 5.10 Å². The molecule has 5 heteroatoms. The molecule has 0 saturated heterocycles. The van der Waals surface area contributed by atoms with Gasteiger partial charge in [0.2, 0.25) is 0 Å². The summed E-state index contributed by atoms with van der Waals surface area (Å²) in [6.07, 6.45) is 1.60. The number of nitrogens with zero attached hydrogens (tertiary/aromatic N) is 2. The van der Waals surface area contributed by atoms with Crippen molar-refractivity contribution in [2.45, 2.75) is 13.8 Å². The van der Waals surface area contributed by atoms with Crippen molar-refractivity contribution in [3.63, 3.8) is 0 Å². The Morgan fingerprint density at radius 1 is 1.50 bits per heavy atom. The van der Waals surface area contributed by atoms with E-state index in [0.717, 1.165) is 0 Å². The standard InChI is InChI=1S/C13H14N2O3/c1-3-18-13(17)12-8-15(14-9(12)2)10-5-4-6-11(16)7-10/h4-8,16H,3H2,1-2H3. The molecule has 2 aromatic rings. The zero-order valence-electron chi connectivity index (χ0n) is 10.3. The summed E-state index contributed by atoms with van der Waals surface area (Å²) in [6, 6.07) is 6.65. The van der Waals surface area contributed by atoms with Crippen LogP contribution >= 0.6 is 0 Å². The van der Waals surface area contributed by atoms with Gasteiger partial charge < -0.3 is 9.84 Å². The molecule has 2 rings (SSSR count). The lowest BCUT2D eigenvalue weighted by Gasteiger charge is -2.01. The molecule has 1 heterocycles. The third kappa shape index (κ3) is 2.34. The molecule has 0 amide bonds. The van der Waals surface area contributed by atoms with Crippen LogP contribution in [0.15, 0.2) is 30.5 Å². The first-order valence-corrected chi connectivity index (χ1v) is 5.64. The van der Waals surface area contributed by atoms with Crippen molar-refractivity contribution in [1.29, 1.82) is 0 Å². The highest BCUT2D eigenvalue weighted by molar-refractivity contribution is 5.90. The van der Waals surface area contributed by atoms with Gasteiger partial charge in [0.05, 0.1) is 18.0 Å². The van der Waals surface area contributed by atoms with Crippen molar-refractivity contribution in [2.24, 2.45) is 0 Å². The number of hydrogen-bond acceptors (Lipinski definition) is 4. The number of carbonyl (C=O) groups is 1. The molecule has 18 heavy (non-hydrogen) atoms. The van der Waals surface area contributed by atoms with Crippen LogP contribution in [0.1, 0.15) is 23.0 Å². The van der Waals surface area contributed by atoms with Gasteiger partial charge in [0.1, 0.15) is 11.3 Å². The number of phenols is 1. The van der Waals surface area contributed by atoms with Gasteiger partial charge >= 0.3 is 5.97 Å². The lowest BCUT2D eigenvalue weighted by atomic mass is 10.2. The molecule has 5 nitrogen and oxygen atoms in total. The highest BCUT2D eigenvalue weighted by Crippen LogP contribution is 2.17. The van der Waals surface area contributed by atoms with Crippen LogP contribution in [0.4, 0.5) is 0 Å². The number of esters is 1. The fourth-order valence-electron chi connectivity index (χ4n) is 1.64. The maximum atomic E-state index is 11.7. The number of phenolic OH excluding ortho intramolecular Hbond substituents is 1. The van der Waals surface area contributed by atoms with Gasteiger partial charge in [-0.05, 0) is 26.0 Å². The quantitative estimate of drug-likeness (QED) is 0.842. The van der Waals surface area contributed by atoms with Crippen molar-refractivity contribution in [1.82, 2.24) is 9.78 Å². The first kappa shape index (κ1) is 12.2. The summed E-state index contributed by atoms with van der Waals surface area (Å²) in [6.45, 7) is 3.83. The van der Waals surface area contributed by atoms with Crippen LogP contribution in [0.25, 0.3) is 5.69 Å². The van der Waals surface area contributed by atoms with Crippen molar-refractivity contribution in [3.05, 3.63) is 41.7 Å². The summed E-state index contributed by atoms with van der Waals surface area (Å²) in [5.74, 6) is -0.236. The predicted molar refractivity (Wildman–Crippen MR) is 65.9 cm³/mol. The minimum atomic E-state index is -0.388. The fraction of sp³-hybridized carbons (Fsp3) is 0.231. The molecule has 94 valence electrons. The summed E-state index contributed by atoms with van der Waals surface area (Å²) in [5.41, 5.74) is 1.71. The normalized spacial score (nSPS) is 10.3. The molecule has 0 aliphatic rings. The summed E-state index contributed by atoms with van der Waals surface area (Å²) < 4.78 is 6.48. The number of ether oxygens (including phenoxy) is 1. The number of aromatic nitrogens is 2. The number of aryl methyl sites for hydroxylation is 1. The number of aromatic hydroxyl groups is 1. The maximum Gasteiger partial charge on any atom is 0.341 e. The van der Waals surface area contributed by atoms with Crippen molar-refractivity contribution in [3.8, 4) is 11.4 Å². The van der Waals surface area contributed by atoms with Crippen molar-refractivity contribution >= 4 is 5.97 Å². The van der Waals surface area contributed by atoms with Crippen LogP contribution in [0.2, 0.25) is 0 Å². The number of rotatable bonds is 3. The molecule has 0 spiro atoms. The molecular formula is C13H14N2O3. The van der Waals surface area contributed by atoms with E-state index >= 15 is 0 Å². The molecule has 0 radical (unpaired) electrons. The average Bonchev–Trinajstić information content (AvgIpc) is 2.72. The molecular weight excluding hydrogens is 232 g/mol. The monoisotopic (exact) mass is 246 g/mol. The average molecular weight is 246 g/mol. The summed E-state index contributed by atoms with van der Waals surface area (Å²) in [5, 5.41) is 13.6. The van der Waals surface area contributed by atoms with Gasteiger partial charge in [0, 0.05) is 12.3 Å². The van der Waals surface area contributed by atoms with E-state index in [4.69, 9.17) is 4.74 Å². The first-order valence-electron chi connectivity index (χ1n) is 5.64. The maximum absolute atomic E-state index is 11.7. The summed E-state index contributed by atoms with van der Waals surface area (Å²) in [7, 11) is 0. The highest BCUT2D eigenvalue weighted by atomic mass is 16.5. The third-order valence-electron chi connectivity index (χ3n) is 2.49. The molecule has 0 fully saturated rings. The van der Waals surface area contributed by atoms with E-state index in [1.807, 2.05) is 0 Å². The number of hydrogen-bond donors (Lipinski definition) is 1. The van der Waals surface area contributed by atoms with E-state index in [1.54, 1.807) is 49.0 Å². The molecule has 1 aromatic carbocycles. The highest BCUT2D eigenvalue weighted by Gasteiger charge is 2.14. The van der Waals surface area contributed by atoms with Gasteiger partial charge in [0.15, 0.2) is 0 Å². The summed E-state index contributed by atoms with van der Waals surface area (Å²) >= 11 is 0. The Morgan fingerprint density at radius 3 is 2.94 bits per heavy atom. The first-order chi connectivity index (χ1) is 8.61. The lowest BCUT2D eigenvalue weighted by Crippen LogP contribution is -2.04. The minimum Gasteiger partial charge on any atom is -0.508 e. The van der Waals surface area contributed by atoms with E-state index in [-0.39, 0.29) is 11.7 Å². The van der Waals surface area contributed by atoms with E-state index in [9.17, 15) is 9.90 Å². The molecule has 0 aliphatic carbocycles. The Bertz CT molecular complexity index is 575. The van der Waals surface area contributed by atoms with Crippen molar-refractivity contribution in [2.75, 3.05) is 6.61 Å². The Labute approximate surface area is 105 Å². The molecule has 0 atom stereocenters. The van der Waals surface area contributed by atoms with Crippen LogP contribution in [0.3, 0.4) is 0 Å². The number of carbonyl (C=O) groups excluding carboxylic acids is 1. The molecule has 1 N–H and O–H groups in total. The second kappa shape index (κ2) is 4.91. The van der Waals surface area contributed by atoms with Gasteiger partial charge in [-0.1, -0.05) is 6.07 Å². The largest absolute Gasteiger partial charge is 0.508 e. The second-order valence-corrected chi connectivity index (χ2v) is 3.81. The fourth-order valence-corrected chi connectivity index (χ4v) is 1.64. The third-order valence-corrected chi connectivity index (χ3v) is 2.49. The smallest absolute Gasteiger partial charge is 0.341 e. The van der Waals surface area contributed by atoms with Crippen LogP contribution < -0.4 is 0 Å². The van der Waals surface area contributed by atoms with E-state index in [1.165, 1.54) is 0 Å². The lowest BCUT2D eigenvalue weighted by molar-refractivity contribution is 0.0525. The van der Waals surface area contributed by atoms with E-state index < -0.39 is 0 Å². The van der Waals surface area contributed by atoms with Gasteiger partial charge in [0.25, 0.3) is 0 Å². The molecule has 0 saturated carbocycles. The van der Waals surface area contributed by atoms with Gasteiger partial charge in [-0.2, -0.15) is 5.10 Å². The molecule has 0 bridgehead atoms. The van der Waals surface area contributed by atoms with Crippen LogP contribution in [-0.4, -0.2) is 27.5 Å². The van der Waals surface area contributed by atoms with Gasteiger partial charge in [-0.25, -0.2) is 9.48 Å². The molecule has 0 unspecified atom stereocenters. The van der Waals surface area contributed by atoms with Crippen LogP contribution in [0, 0.1) is 6.92 Å². The van der Waals surface area contributed by atoms with Crippen LogP contribution in [-0.2, 0) is 4.74 Å². The van der Waals surface area contributed by atoms with Crippen LogP contribution in [0.5, 0.6) is 5.75 Å². The zero-order chi connectivity index (χ0) is 13.1. The second-order valence-electron chi connectivity index (χ2n) is 3.81.